The fourth-order valence-corrected chi connectivity index (χ4v) is 4.72. The molecule has 0 bridgehead atoms. The maximum atomic E-state index is 13.3. The summed E-state index contributed by atoms with van der Waals surface area (Å²) in [6.45, 7) is 7.48. The average molecular weight is 385 g/mol. The Balaban J connectivity index is 1.64. The molecule has 1 saturated carbocycles. The van der Waals surface area contributed by atoms with Crippen molar-refractivity contribution in [2.24, 2.45) is 0 Å². The predicted octanol–water partition coefficient (Wildman–Crippen LogP) is 4.31. The Hall–Kier alpha value is -1.65. The third-order valence-corrected chi connectivity index (χ3v) is 6.27. The Morgan fingerprint density at radius 2 is 1.71 bits per heavy atom. The van der Waals surface area contributed by atoms with Crippen LogP contribution >= 0.6 is 0 Å². The molecule has 1 aromatic carbocycles. The van der Waals surface area contributed by atoms with Gasteiger partial charge < -0.3 is 14.9 Å². The molecule has 28 heavy (non-hydrogen) atoms. The number of carbonyl (C=O) groups is 1. The lowest BCUT2D eigenvalue weighted by Crippen LogP contribution is -2.52. The molecule has 1 aromatic rings. The summed E-state index contributed by atoms with van der Waals surface area (Å²) in [5.74, 6) is -0.0962. The van der Waals surface area contributed by atoms with Gasteiger partial charge in [-0.15, -0.1) is 0 Å². The summed E-state index contributed by atoms with van der Waals surface area (Å²) in [5.41, 5.74) is 2.08. The van der Waals surface area contributed by atoms with Gasteiger partial charge >= 0.3 is 0 Å². The van der Waals surface area contributed by atoms with Crippen molar-refractivity contribution in [1.82, 2.24) is 9.80 Å². The van der Waals surface area contributed by atoms with Crippen molar-refractivity contribution in [3.05, 3.63) is 47.5 Å². The second-order valence-corrected chi connectivity index (χ2v) is 8.64. The summed E-state index contributed by atoms with van der Waals surface area (Å²) in [4.78, 5) is 17.9. The Bertz CT molecular complexity index is 640. The number of aliphatic hydroxyl groups excluding tert-OH is 1. The zero-order valence-electron chi connectivity index (χ0n) is 17.5. The number of carbonyl (C=O) groups excluding carboxylic acids is 1. The first-order valence-electron chi connectivity index (χ1n) is 11.0. The van der Waals surface area contributed by atoms with Crippen LogP contribution in [-0.2, 0) is 4.79 Å². The molecule has 1 saturated heterocycles. The molecule has 154 valence electrons. The lowest BCUT2D eigenvalue weighted by Gasteiger charge is -2.42. The number of aliphatic hydroxyl groups is 1. The van der Waals surface area contributed by atoms with Gasteiger partial charge in [0, 0.05) is 31.7 Å². The molecule has 0 radical (unpaired) electrons. The number of amides is 1. The minimum absolute atomic E-state index is 0.0962. The summed E-state index contributed by atoms with van der Waals surface area (Å²) in [5, 5.41) is 10.8. The second kappa shape index (κ2) is 10.2. The smallest absolute Gasteiger partial charge is 0.256 e. The largest absolute Gasteiger partial charge is 0.378 e. The minimum Gasteiger partial charge on any atom is -0.378 e. The highest BCUT2D eigenvalue weighted by Crippen LogP contribution is 2.31. The third-order valence-electron chi connectivity index (χ3n) is 6.27. The number of likely N-dealkylation sites (tertiary alicyclic amines) is 1. The summed E-state index contributed by atoms with van der Waals surface area (Å²) in [6.07, 6.45) is 8.92. The van der Waals surface area contributed by atoms with E-state index in [9.17, 15) is 9.90 Å². The summed E-state index contributed by atoms with van der Waals surface area (Å²) in [6, 6.07) is 9.94. The summed E-state index contributed by atoms with van der Waals surface area (Å²) >= 11 is 0. The first-order valence-corrected chi connectivity index (χ1v) is 11.0. The summed E-state index contributed by atoms with van der Waals surface area (Å²) in [7, 11) is 0. The van der Waals surface area contributed by atoms with Crippen LogP contribution in [0.15, 0.2) is 42.0 Å². The van der Waals surface area contributed by atoms with Crippen LogP contribution in [0.25, 0.3) is 0 Å². The molecule has 2 aliphatic rings. The monoisotopic (exact) mass is 384 g/mol. The standard InChI is InChI=1S/C24H36N2O2/c1-19(2)9-8-16-25-17-14-22(15-18-25)26(21-12-6-7-13-21)24(28)23(27)20-10-4-3-5-11-20/h3-5,9-11,21-23,27H,6-8,12-18H2,1-2H3. The number of piperidine rings is 1. The molecule has 3 rings (SSSR count). The van der Waals surface area contributed by atoms with E-state index in [1.807, 2.05) is 30.3 Å². The van der Waals surface area contributed by atoms with Crippen LogP contribution in [0.3, 0.4) is 0 Å². The van der Waals surface area contributed by atoms with Crippen LogP contribution < -0.4 is 0 Å². The molecule has 1 N–H and O–H groups in total. The van der Waals surface area contributed by atoms with E-state index >= 15 is 0 Å². The zero-order valence-corrected chi connectivity index (χ0v) is 17.5. The molecule has 4 nitrogen and oxygen atoms in total. The first-order chi connectivity index (χ1) is 13.6. The van der Waals surface area contributed by atoms with E-state index in [0.29, 0.717) is 11.6 Å². The Morgan fingerprint density at radius 3 is 2.32 bits per heavy atom. The van der Waals surface area contributed by atoms with Gasteiger partial charge in [-0.1, -0.05) is 54.8 Å². The number of allylic oxidation sites excluding steroid dienone is 1. The molecular weight excluding hydrogens is 348 g/mol. The van der Waals surface area contributed by atoms with Gasteiger partial charge in [0.1, 0.15) is 0 Å². The number of hydrogen-bond acceptors (Lipinski definition) is 3. The van der Waals surface area contributed by atoms with Crippen molar-refractivity contribution in [3.8, 4) is 0 Å². The van der Waals surface area contributed by atoms with Crippen molar-refractivity contribution in [2.75, 3.05) is 19.6 Å². The Kier molecular flexibility index (Phi) is 7.69. The number of nitrogens with zero attached hydrogens (tertiary/aromatic N) is 2. The first kappa shape index (κ1) is 21.1. The molecule has 1 heterocycles. The number of benzene rings is 1. The fourth-order valence-electron chi connectivity index (χ4n) is 4.72. The normalized spacial score (nSPS) is 20.1. The molecule has 2 fully saturated rings. The van der Waals surface area contributed by atoms with Gasteiger partial charge in [0.2, 0.25) is 0 Å². The highest BCUT2D eigenvalue weighted by atomic mass is 16.3. The van der Waals surface area contributed by atoms with Gasteiger partial charge in [0.25, 0.3) is 5.91 Å². The van der Waals surface area contributed by atoms with E-state index in [2.05, 4.69) is 29.7 Å². The predicted molar refractivity (Wildman–Crippen MR) is 114 cm³/mol. The minimum atomic E-state index is -1.04. The van der Waals surface area contributed by atoms with Crippen LogP contribution in [0.4, 0.5) is 0 Å². The van der Waals surface area contributed by atoms with E-state index in [4.69, 9.17) is 0 Å². The second-order valence-electron chi connectivity index (χ2n) is 8.64. The van der Waals surface area contributed by atoms with Gasteiger partial charge in [-0.2, -0.15) is 0 Å². The van der Waals surface area contributed by atoms with Crippen molar-refractivity contribution >= 4 is 5.91 Å². The fraction of sp³-hybridized carbons (Fsp3) is 0.625. The van der Waals surface area contributed by atoms with Crippen molar-refractivity contribution in [2.45, 2.75) is 77.0 Å². The highest BCUT2D eigenvalue weighted by Gasteiger charge is 2.37. The van der Waals surface area contributed by atoms with E-state index in [-0.39, 0.29) is 11.9 Å². The van der Waals surface area contributed by atoms with Crippen LogP contribution in [0.5, 0.6) is 0 Å². The molecule has 1 amide bonds. The molecule has 1 aliphatic carbocycles. The maximum Gasteiger partial charge on any atom is 0.256 e. The van der Waals surface area contributed by atoms with Crippen molar-refractivity contribution < 1.29 is 9.90 Å². The van der Waals surface area contributed by atoms with Gasteiger partial charge in [-0.3, -0.25) is 4.79 Å². The zero-order chi connectivity index (χ0) is 19.9. The van der Waals surface area contributed by atoms with Crippen LogP contribution in [0.1, 0.15) is 70.5 Å². The Morgan fingerprint density at radius 1 is 1.11 bits per heavy atom. The van der Waals surface area contributed by atoms with Gasteiger partial charge in [0.15, 0.2) is 6.10 Å². The average Bonchev–Trinajstić information content (AvgIpc) is 3.23. The summed E-state index contributed by atoms with van der Waals surface area (Å²) < 4.78 is 0. The molecule has 1 aliphatic heterocycles. The van der Waals surface area contributed by atoms with Crippen molar-refractivity contribution in [1.29, 1.82) is 0 Å². The van der Waals surface area contributed by atoms with E-state index in [1.54, 1.807) is 0 Å². The topological polar surface area (TPSA) is 43.8 Å². The number of hydrogen-bond donors (Lipinski definition) is 1. The molecule has 0 aromatic heterocycles. The quantitative estimate of drug-likeness (QED) is 0.712. The molecule has 1 atom stereocenters. The molecule has 1 unspecified atom stereocenters. The van der Waals surface area contributed by atoms with E-state index < -0.39 is 6.10 Å². The Labute approximate surface area is 170 Å². The third kappa shape index (κ3) is 5.45. The van der Waals surface area contributed by atoms with Crippen LogP contribution in [0.2, 0.25) is 0 Å². The van der Waals surface area contributed by atoms with Crippen LogP contribution in [0, 0.1) is 0 Å². The highest BCUT2D eigenvalue weighted by molar-refractivity contribution is 5.82. The maximum absolute atomic E-state index is 13.3. The lowest BCUT2D eigenvalue weighted by atomic mass is 9.98. The van der Waals surface area contributed by atoms with Gasteiger partial charge in [0.05, 0.1) is 0 Å². The van der Waals surface area contributed by atoms with Crippen molar-refractivity contribution in [3.63, 3.8) is 0 Å². The van der Waals surface area contributed by atoms with Gasteiger partial charge in [-0.05, 0) is 51.5 Å². The molecular formula is C24H36N2O2. The number of rotatable bonds is 7. The SMILES string of the molecule is CC(C)=CCCN1CCC(N(C(=O)C(O)c2ccccc2)C2CCCC2)CC1. The van der Waals surface area contributed by atoms with Gasteiger partial charge in [-0.25, -0.2) is 0 Å². The molecule has 4 heteroatoms. The van der Waals surface area contributed by atoms with E-state index in [0.717, 1.165) is 51.7 Å². The van der Waals surface area contributed by atoms with Crippen LogP contribution in [-0.4, -0.2) is 52.5 Å². The van der Waals surface area contributed by atoms with E-state index in [1.165, 1.54) is 18.4 Å². The lowest BCUT2D eigenvalue weighted by molar-refractivity contribution is -0.147. The molecule has 0 spiro atoms.